The van der Waals surface area contributed by atoms with Gasteiger partial charge >= 0.3 is 0 Å². The van der Waals surface area contributed by atoms with Gasteiger partial charge in [-0.25, -0.2) is 0 Å². The molecule has 2 atom stereocenters. The molecule has 27 heavy (non-hydrogen) atoms. The molecule has 1 aliphatic heterocycles. The average Bonchev–Trinajstić information content (AvgIpc) is 3.14. The highest BCUT2D eigenvalue weighted by Crippen LogP contribution is 2.36. The van der Waals surface area contributed by atoms with Crippen molar-refractivity contribution in [2.45, 2.75) is 38.5 Å². The van der Waals surface area contributed by atoms with E-state index in [1.165, 1.54) is 0 Å². The SMILES string of the molecule is CCCc1ccc(CN2CCO[C@H](CO)[C@H]2c2ccc(OC)c(OC)c2)o1. The number of rotatable bonds is 8. The Morgan fingerprint density at radius 1 is 1.11 bits per heavy atom. The molecular formula is C21H29NO5. The molecule has 1 aromatic heterocycles. The topological polar surface area (TPSA) is 64.3 Å². The Balaban J connectivity index is 1.87. The van der Waals surface area contributed by atoms with Gasteiger partial charge in [-0.2, -0.15) is 0 Å². The summed E-state index contributed by atoms with van der Waals surface area (Å²) >= 11 is 0. The minimum Gasteiger partial charge on any atom is -0.493 e. The lowest BCUT2D eigenvalue weighted by Crippen LogP contribution is -2.46. The molecule has 6 heteroatoms. The zero-order valence-electron chi connectivity index (χ0n) is 16.3. The molecule has 0 aliphatic carbocycles. The zero-order valence-corrected chi connectivity index (χ0v) is 16.3. The second kappa shape index (κ2) is 9.26. The molecule has 2 heterocycles. The summed E-state index contributed by atoms with van der Waals surface area (Å²) in [4.78, 5) is 2.29. The molecule has 3 rings (SSSR count). The van der Waals surface area contributed by atoms with Crippen molar-refractivity contribution in [3.63, 3.8) is 0 Å². The standard InChI is InChI=1S/C21H29NO5/c1-4-5-16-7-8-17(27-16)13-22-10-11-26-20(14-23)21(22)15-6-9-18(24-2)19(12-15)25-3/h6-9,12,20-21,23H,4-5,10-11,13-14H2,1-3H3/t20-,21-/m1/s1. The van der Waals surface area contributed by atoms with Crippen molar-refractivity contribution in [2.75, 3.05) is 34.0 Å². The molecule has 2 aromatic rings. The normalized spacial score (nSPS) is 20.6. The minimum atomic E-state index is -0.304. The molecule has 1 aliphatic rings. The van der Waals surface area contributed by atoms with Crippen molar-refractivity contribution in [2.24, 2.45) is 0 Å². The Morgan fingerprint density at radius 2 is 1.89 bits per heavy atom. The monoisotopic (exact) mass is 375 g/mol. The second-order valence-electron chi connectivity index (χ2n) is 6.74. The van der Waals surface area contributed by atoms with Crippen LogP contribution >= 0.6 is 0 Å². The van der Waals surface area contributed by atoms with Gasteiger partial charge in [0.05, 0.1) is 40.0 Å². The first-order chi connectivity index (χ1) is 13.2. The average molecular weight is 375 g/mol. The number of hydrogen-bond donors (Lipinski definition) is 1. The Labute approximate surface area is 160 Å². The fourth-order valence-corrected chi connectivity index (χ4v) is 3.67. The van der Waals surface area contributed by atoms with E-state index in [4.69, 9.17) is 18.6 Å². The lowest BCUT2D eigenvalue weighted by atomic mass is 9.97. The van der Waals surface area contributed by atoms with Gasteiger partial charge < -0.3 is 23.7 Å². The number of ether oxygens (including phenoxy) is 3. The molecule has 1 saturated heterocycles. The van der Waals surface area contributed by atoms with Gasteiger partial charge in [0, 0.05) is 13.0 Å². The molecule has 0 bridgehead atoms. The third-order valence-corrected chi connectivity index (χ3v) is 4.96. The summed E-state index contributed by atoms with van der Waals surface area (Å²) < 4.78 is 22.6. The van der Waals surface area contributed by atoms with Crippen molar-refractivity contribution < 1.29 is 23.7 Å². The van der Waals surface area contributed by atoms with E-state index in [0.29, 0.717) is 24.7 Å². The maximum absolute atomic E-state index is 9.88. The Hall–Kier alpha value is -2.02. The number of morpholine rings is 1. The van der Waals surface area contributed by atoms with Crippen LogP contribution in [0.15, 0.2) is 34.7 Å². The van der Waals surface area contributed by atoms with Crippen LogP contribution < -0.4 is 9.47 Å². The van der Waals surface area contributed by atoms with Crippen LogP contribution in [0.4, 0.5) is 0 Å². The molecule has 0 unspecified atom stereocenters. The van der Waals surface area contributed by atoms with E-state index in [-0.39, 0.29) is 18.8 Å². The van der Waals surface area contributed by atoms with Gasteiger partial charge in [0.2, 0.25) is 0 Å². The predicted octanol–water partition coefficient (Wildman–Crippen LogP) is 3.18. The highest BCUT2D eigenvalue weighted by Gasteiger charge is 2.34. The number of benzene rings is 1. The third-order valence-electron chi connectivity index (χ3n) is 4.96. The Morgan fingerprint density at radius 3 is 2.59 bits per heavy atom. The number of furan rings is 1. The molecule has 0 saturated carbocycles. The van der Waals surface area contributed by atoms with E-state index in [0.717, 1.165) is 36.5 Å². The zero-order chi connectivity index (χ0) is 19.2. The number of aliphatic hydroxyl groups is 1. The van der Waals surface area contributed by atoms with Crippen molar-refractivity contribution in [3.8, 4) is 11.5 Å². The van der Waals surface area contributed by atoms with E-state index < -0.39 is 0 Å². The Bertz CT molecular complexity index is 729. The molecule has 0 radical (unpaired) electrons. The molecule has 1 aromatic carbocycles. The summed E-state index contributed by atoms with van der Waals surface area (Å²) in [7, 11) is 3.24. The van der Waals surface area contributed by atoms with Crippen LogP contribution in [0, 0.1) is 0 Å². The minimum absolute atomic E-state index is 0.0469. The van der Waals surface area contributed by atoms with E-state index >= 15 is 0 Å². The number of nitrogens with zero attached hydrogens (tertiary/aromatic N) is 1. The summed E-state index contributed by atoms with van der Waals surface area (Å²) in [6.07, 6.45) is 1.70. The van der Waals surface area contributed by atoms with Gasteiger partial charge in [0.25, 0.3) is 0 Å². The van der Waals surface area contributed by atoms with Crippen molar-refractivity contribution >= 4 is 0 Å². The first kappa shape index (κ1) is 19.7. The first-order valence-corrected chi connectivity index (χ1v) is 9.46. The van der Waals surface area contributed by atoms with Crippen molar-refractivity contribution in [1.29, 1.82) is 0 Å². The van der Waals surface area contributed by atoms with Crippen LogP contribution in [0.2, 0.25) is 0 Å². The van der Waals surface area contributed by atoms with Crippen LogP contribution in [0.3, 0.4) is 0 Å². The van der Waals surface area contributed by atoms with E-state index in [1.807, 2.05) is 30.3 Å². The fraction of sp³-hybridized carbons (Fsp3) is 0.524. The predicted molar refractivity (Wildman–Crippen MR) is 102 cm³/mol. The van der Waals surface area contributed by atoms with Crippen molar-refractivity contribution in [1.82, 2.24) is 4.90 Å². The smallest absolute Gasteiger partial charge is 0.161 e. The van der Waals surface area contributed by atoms with Crippen LogP contribution in [0.1, 0.15) is 36.5 Å². The summed E-state index contributed by atoms with van der Waals surface area (Å²) in [5, 5.41) is 9.88. The van der Waals surface area contributed by atoms with Gasteiger partial charge in [0.1, 0.15) is 17.6 Å². The van der Waals surface area contributed by atoms with E-state index in [9.17, 15) is 5.11 Å². The van der Waals surface area contributed by atoms with Crippen LogP contribution in [-0.2, 0) is 17.7 Å². The lowest BCUT2D eigenvalue weighted by Gasteiger charge is -2.40. The molecule has 0 amide bonds. The highest BCUT2D eigenvalue weighted by molar-refractivity contribution is 5.44. The Kier molecular flexibility index (Phi) is 6.77. The highest BCUT2D eigenvalue weighted by atomic mass is 16.5. The summed E-state index contributed by atoms with van der Waals surface area (Å²) in [5.41, 5.74) is 1.02. The maximum atomic E-state index is 9.88. The number of methoxy groups -OCH3 is 2. The van der Waals surface area contributed by atoms with Crippen molar-refractivity contribution in [3.05, 3.63) is 47.4 Å². The summed E-state index contributed by atoms with van der Waals surface area (Å²) in [6, 6.07) is 9.85. The van der Waals surface area contributed by atoms with Gasteiger partial charge in [0.15, 0.2) is 11.5 Å². The molecular weight excluding hydrogens is 346 g/mol. The molecule has 1 fully saturated rings. The fourth-order valence-electron chi connectivity index (χ4n) is 3.67. The second-order valence-corrected chi connectivity index (χ2v) is 6.74. The molecule has 1 N–H and O–H groups in total. The summed E-state index contributed by atoms with van der Waals surface area (Å²) in [6.45, 7) is 4.11. The van der Waals surface area contributed by atoms with Gasteiger partial charge in [-0.05, 0) is 36.2 Å². The number of hydrogen-bond acceptors (Lipinski definition) is 6. The molecule has 0 spiro atoms. The molecule has 6 nitrogen and oxygen atoms in total. The van der Waals surface area contributed by atoms with Gasteiger partial charge in [-0.15, -0.1) is 0 Å². The van der Waals surface area contributed by atoms with Crippen LogP contribution in [-0.4, -0.2) is 50.1 Å². The van der Waals surface area contributed by atoms with Crippen LogP contribution in [0.25, 0.3) is 0 Å². The number of aryl methyl sites for hydroxylation is 1. The van der Waals surface area contributed by atoms with E-state index in [1.54, 1.807) is 14.2 Å². The largest absolute Gasteiger partial charge is 0.493 e. The van der Waals surface area contributed by atoms with Gasteiger partial charge in [-0.1, -0.05) is 13.0 Å². The third kappa shape index (κ3) is 4.46. The first-order valence-electron chi connectivity index (χ1n) is 9.46. The summed E-state index contributed by atoms with van der Waals surface area (Å²) in [5.74, 6) is 3.30. The van der Waals surface area contributed by atoms with Gasteiger partial charge in [-0.3, -0.25) is 4.90 Å². The lowest BCUT2D eigenvalue weighted by molar-refractivity contribution is -0.0975. The van der Waals surface area contributed by atoms with Crippen LogP contribution in [0.5, 0.6) is 11.5 Å². The maximum Gasteiger partial charge on any atom is 0.161 e. The number of aliphatic hydroxyl groups excluding tert-OH is 1. The quantitative estimate of drug-likeness (QED) is 0.765. The van der Waals surface area contributed by atoms with E-state index in [2.05, 4.69) is 11.8 Å². The molecule has 148 valence electrons.